The van der Waals surface area contributed by atoms with Crippen molar-refractivity contribution in [2.45, 2.75) is 37.9 Å². The van der Waals surface area contributed by atoms with Gasteiger partial charge in [-0.2, -0.15) is 0 Å². The van der Waals surface area contributed by atoms with E-state index in [0.29, 0.717) is 6.42 Å². The van der Waals surface area contributed by atoms with Crippen molar-refractivity contribution >= 4 is 5.91 Å². The first-order valence-corrected chi connectivity index (χ1v) is 8.76. The number of hydrazine groups is 1. The Balaban J connectivity index is 1.50. The lowest BCUT2D eigenvalue weighted by atomic mass is 10.0. The molecule has 3 N–H and O–H groups in total. The van der Waals surface area contributed by atoms with Crippen molar-refractivity contribution in [3.05, 3.63) is 60.2 Å². The molecule has 0 radical (unpaired) electrons. The second kappa shape index (κ2) is 8.73. The Morgan fingerprint density at radius 1 is 1.31 bits per heavy atom. The van der Waals surface area contributed by atoms with Crippen LogP contribution in [0.1, 0.15) is 31.4 Å². The van der Waals surface area contributed by atoms with Gasteiger partial charge in [-0.1, -0.05) is 19.1 Å². The van der Waals surface area contributed by atoms with Crippen LogP contribution in [-0.2, 0) is 4.79 Å². The lowest BCUT2D eigenvalue weighted by Gasteiger charge is -2.19. The van der Waals surface area contributed by atoms with E-state index < -0.39 is 5.82 Å². The minimum absolute atomic E-state index is 0.0546. The van der Waals surface area contributed by atoms with E-state index in [-0.39, 0.29) is 36.4 Å². The number of hydrogen-bond donors (Lipinski definition) is 3. The van der Waals surface area contributed by atoms with Gasteiger partial charge in [0.2, 0.25) is 5.91 Å². The van der Waals surface area contributed by atoms with Gasteiger partial charge < -0.3 is 10.1 Å². The molecule has 1 saturated heterocycles. The van der Waals surface area contributed by atoms with Crippen LogP contribution in [0.4, 0.5) is 4.39 Å². The molecule has 2 heterocycles. The molecule has 3 rings (SSSR count). The predicted molar refractivity (Wildman–Crippen MR) is 95.8 cm³/mol. The molecule has 3 unspecified atom stereocenters. The second-order valence-corrected chi connectivity index (χ2v) is 6.27. The number of pyridine rings is 1. The molecular weight excluding hydrogens is 335 g/mol. The third-order valence-electron chi connectivity index (χ3n) is 4.41. The molecule has 7 heteroatoms. The normalized spacial score (nSPS) is 20.5. The Labute approximate surface area is 152 Å². The zero-order valence-electron chi connectivity index (χ0n) is 14.6. The van der Waals surface area contributed by atoms with Gasteiger partial charge in [-0.05, 0) is 42.7 Å². The predicted octanol–water partition coefficient (Wildman–Crippen LogP) is 2.10. The second-order valence-electron chi connectivity index (χ2n) is 6.27. The number of ether oxygens (including phenoxy) is 1. The van der Waals surface area contributed by atoms with Crippen molar-refractivity contribution in [3.8, 4) is 5.75 Å². The maximum atomic E-state index is 13.6. The lowest BCUT2D eigenvalue weighted by Crippen LogP contribution is -2.44. The van der Waals surface area contributed by atoms with Crippen molar-refractivity contribution in [1.29, 1.82) is 0 Å². The third kappa shape index (κ3) is 4.56. The lowest BCUT2D eigenvalue weighted by molar-refractivity contribution is -0.123. The summed E-state index contributed by atoms with van der Waals surface area (Å²) in [7, 11) is 0. The molecule has 138 valence electrons. The molecule has 1 aliphatic heterocycles. The molecule has 0 bridgehead atoms. The Morgan fingerprint density at radius 2 is 2.08 bits per heavy atom. The maximum absolute atomic E-state index is 13.6. The van der Waals surface area contributed by atoms with E-state index in [2.05, 4.69) is 21.2 Å². The monoisotopic (exact) mass is 358 g/mol. The maximum Gasteiger partial charge on any atom is 0.239 e. The van der Waals surface area contributed by atoms with E-state index in [0.717, 1.165) is 12.0 Å². The van der Waals surface area contributed by atoms with E-state index in [1.54, 1.807) is 30.6 Å². The molecule has 1 aromatic carbocycles. The molecule has 0 aliphatic carbocycles. The molecular formula is C19H23FN4O2. The minimum Gasteiger partial charge on any atom is -0.489 e. The van der Waals surface area contributed by atoms with Crippen LogP contribution >= 0.6 is 0 Å². The molecule has 6 nitrogen and oxygen atoms in total. The number of amides is 1. The number of carbonyl (C=O) groups excluding carboxylic acids is 1. The number of nitrogens with one attached hydrogen (secondary N) is 3. The van der Waals surface area contributed by atoms with E-state index in [1.165, 1.54) is 6.07 Å². The summed E-state index contributed by atoms with van der Waals surface area (Å²) < 4.78 is 19.1. The number of aromatic nitrogens is 1. The summed E-state index contributed by atoms with van der Waals surface area (Å²) in [6.07, 6.45) is 4.79. The van der Waals surface area contributed by atoms with Gasteiger partial charge in [-0.3, -0.25) is 15.2 Å². The molecule has 0 saturated carbocycles. The van der Waals surface area contributed by atoms with Crippen LogP contribution in [0.3, 0.4) is 0 Å². The van der Waals surface area contributed by atoms with Gasteiger partial charge in [-0.25, -0.2) is 9.82 Å². The molecule has 1 aliphatic rings. The van der Waals surface area contributed by atoms with Crippen LogP contribution in [0, 0.1) is 5.82 Å². The molecule has 1 aromatic heterocycles. The summed E-state index contributed by atoms with van der Waals surface area (Å²) in [5.74, 6) is -0.253. The Kier molecular flexibility index (Phi) is 6.14. The summed E-state index contributed by atoms with van der Waals surface area (Å²) in [6, 6.07) is 9.59. The number of benzene rings is 1. The highest BCUT2D eigenvalue weighted by atomic mass is 19.1. The first-order chi connectivity index (χ1) is 12.7. The highest BCUT2D eigenvalue weighted by Crippen LogP contribution is 2.18. The number of nitrogens with zero attached hydrogens (tertiary/aromatic N) is 1. The van der Waals surface area contributed by atoms with E-state index >= 15 is 0 Å². The summed E-state index contributed by atoms with van der Waals surface area (Å²) in [4.78, 5) is 16.5. The number of rotatable bonds is 7. The van der Waals surface area contributed by atoms with Gasteiger partial charge in [0, 0.05) is 12.4 Å². The number of para-hydroxylation sites is 1. The zero-order chi connectivity index (χ0) is 18.4. The fourth-order valence-corrected chi connectivity index (χ4v) is 2.94. The number of carbonyl (C=O) groups is 1. The average Bonchev–Trinajstić information content (AvgIpc) is 3.15. The summed E-state index contributed by atoms with van der Waals surface area (Å²) >= 11 is 0. The fraction of sp³-hybridized carbons (Fsp3) is 0.368. The Hall–Kier alpha value is -2.51. The molecule has 2 aromatic rings. The number of hydrogen-bond acceptors (Lipinski definition) is 5. The van der Waals surface area contributed by atoms with Gasteiger partial charge in [-0.15, -0.1) is 0 Å². The molecule has 1 amide bonds. The van der Waals surface area contributed by atoms with Gasteiger partial charge >= 0.3 is 0 Å². The fourth-order valence-electron chi connectivity index (χ4n) is 2.94. The van der Waals surface area contributed by atoms with Crippen LogP contribution in [0.25, 0.3) is 0 Å². The van der Waals surface area contributed by atoms with Crippen molar-refractivity contribution in [3.63, 3.8) is 0 Å². The smallest absolute Gasteiger partial charge is 0.239 e. The van der Waals surface area contributed by atoms with E-state index in [4.69, 9.17) is 4.74 Å². The van der Waals surface area contributed by atoms with Crippen LogP contribution in [0.2, 0.25) is 0 Å². The van der Waals surface area contributed by atoms with E-state index in [1.807, 2.05) is 19.1 Å². The topological polar surface area (TPSA) is 75.3 Å². The van der Waals surface area contributed by atoms with Crippen LogP contribution in [0.15, 0.2) is 48.8 Å². The molecule has 3 atom stereocenters. The van der Waals surface area contributed by atoms with Gasteiger partial charge in [0.15, 0.2) is 11.6 Å². The zero-order valence-corrected chi connectivity index (χ0v) is 14.6. The van der Waals surface area contributed by atoms with Gasteiger partial charge in [0.25, 0.3) is 0 Å². The summed E-state index contributed by atoms with van der Waals surface area (Å²) in [5.41, 5.74) is 7.06. The van der Waals surface area contributed by atoms with E-state index in [9.17, 15) is 9.18 Å². The minimum atomic E-state index is -0.393. The Bertz CT molecular complexity index is 728. The highest BCUT2D eigenvalue weighted by Gasteiger charge is 2.30. The number of halogens is 1. The highest BCUT2D eigenvalue weighted by molar-refractivity contribution is 5.82. The van der Waals surface area contributed by atoms with Crippen molar-refractivity contribution in [2.75, 3.05) is 6.61 Å². The van der Waals surface area contributed by atoms with Crippen molar-refractivity contribution in [1.82, 2.24) is 21.2 Å². The van der Waals surface area contributed by atoms with Gasteiger partial charge in [0.05, 0.1) is 12.1 Å². The quantitative estimate of drug-likeness (QED) is 0.707. The summed E-state index contributed by atoms with van der Waals surface area (Å²) in [6.45, 7) is 2.30. The molecule has 1 fully saturated rings. The van der Waals surface area contributed by atoms with Crippen LogP contribution < -0.4 is 20.9 Å². The Morgan fingerprint density at radius 3 is 2.81 bits per heavy atom. The van der Waals surface area contributed by atoms with Gasteiger partial charge in [0.1, 0.15) is 12.6 Å². The van der Waals surface area contributed by atoms with Crippen LogP contribution in [0.5, 0.6) is 5.75 Å². The molecule has 0 spiro atoms. The summed E-state index contributed by atoms with van der Waals surface area (Å²) in [5, 5.41) is 3.06. The average molecular weight is 358 g/mol. The van der Waals surface area contributed by atoms with Crippen molar-refractivity contribution < 1.29 is 13.9 Å². The van der Waals surface area contributed by atoms with Crippen molar-refractivity contribution in [2.24, 2.45) is 0 Å². The standard InChI is InChI=1S/C19H23FN4O2/c1-2-16(13-7-9-21-10-8-13)22-19(25)17-11-14(23-24-17)12-26-18-6-4-3-5-15(18)20/h3-10,14,16-17,23-24H,2,11-12H2,1H3,(H,22,25). The third-order valence-corrected chi connectivity index (χ3v) is 4.41. The SMILES string of the molecule is CCC(NC(=O)C1CC(COc2ccccc2F)NN1)c1ccncc1. The molecule has 26 heavy (non-hydrogen) atoms. The first-order valence-electron chi connectivity index (χ1n) is 8.76. The van der Waals surface area contributed by atoms with Crippen LogP contribution in [-0.4, -0.2) is 29.6 Å². The first kappa shape index (κ1) is 18.3. The largest absolute Gasteiger partial charge is 0.489 e.